The Morgan fingerprint density at radius 2 is 0.671 bits per heavy atom. The van der Waals surface area contributed by atoms with Gasteiger partial charge in [-0.05, 0) is 158 Å². The minimum Gasteiger partial charge on any atom is -0.423 e. The summed E-state index contributed by atoms with van der Waals surface area (Å²) in [6.45, 7) is 4.05. The lowest BCUT2D eigenvalue weighted by Gasteiger charge is -2.19. The molecule has 0 fully saturated rings. The van der Waals surface area contributed by atoms with E-state index in [1.54, 1.807) is 24.3 Å². The molecule has 0 aliphatic carbocycles. The predicted molar refractivity (Wildman–Crippen MR) is 346 cm³/mol. The third kappa shape index (κ3) is 11.1. The maximum absolute atomic E-state index is 12.7. The molecule has 0 radical (unpaired) electrons. The van der Waals surface area contributed by atoms with Gasteiger partial charge in [0.15, 0.2) is 5.75 Å². The molecule has 85 heavy (non-hydrogen) atoms. The van der Waals surface area contributed by atoms with E-state index in [9.17, 15) is 31.6 Å². The fourth-order valence-corrected chi connectivity index (χ4v) is 12.0. The molecule has 5 nitrogen and oxygen atoms in total. The summed E-state index contributed by atoms with van der Waals surface area (Å²) in [5.41, 5.74) is 8.55. The topological polar surface area (TPSA) is 83.8 Å². The van der Waals surface area contributed by atoms with Crippen molar-refractivity contribution in [3.8, 4) is 61.4 Å². The molecule has 0 unspecified atom stereocenters. The maximum atomic E-state index is 12.7. The zero-order chi connectivity index (χ0) is 58.8. The van der Waals surface area contributed by atoms with Crippen LogP contribution in [-0.4, -0.2) is 31.1 Å². The molecule has 2 N–H and O–H groups in total. The second kappa shape index (κ2) is 23.4. The van der Waals surface area contributed by atoms with Crippen LogP contribution in [0.1, 0.15) is 11.1 Å². The van der Waals surface area contributed by atoms with Crippen LogP contribution in [-0.2, 0) is 10.1 Å². The first-order valence-corrected chi connectivity index (χ1v) is 29.2. The molecule has 414 valence electrons. The summed E-state index contributed by atoms with van der Waals surface area (Å²) in [5, 5.41) is 32.2. The van der Waals surface area contributed by atoms with Crippen LogP contribution >= 0.6 is 0 Å². The largest absolute Gasteiger partial charge is 0.534 e. The van der Waals surface area contributed by atoms with Crippen LogP contribution in [0, 0.1) is 13.8 Å². The monoisotopic (exact) mass is 1130 g/mol. The molecule has 0 saturated carbocycles. The van der Waals surface area contributed by atoms with Gasteiger partial charge in [0.1, 0.15) is 0 Å². The molecule has 0 aliphatic heterocycles. The fourth-order valence-electron chi connectivity index (χ4n) is 11.5. The smallest absolute Gasteiger partial charge is 0.423 e. The molecule has 0 spiro atoms. The van der Waals surface area contributed by atoms with Gasteiger partial charge in [-0.1, -0.05) is 266 Å². The van der Waals surface area contributed by atoms with Crippen LogP contribution < -0.4 is 9.65 Å². The first kappa shape index (κ1) is 55.7. The number of rotatable bonds is 8. The highest BCUT2D eigenvalue weighted by Gasteiger charge is 2.48. The highest BCUT2D eigenvalue weighted by Crippen LogP contribution is 2.47. The van der Waals surface area contributed by atoms with Gasteiger partial charge >= 0.3 is 22.7 Å². The van der Waals surface area contributed by atoms with Crippen LogP contribution in [0.3, 0.4) is 0 Å². The van der Waals surface area contributed by atoms with Gasteiger partial charge in [0, 0.05) is 5.39 Å². The van der Waals surface area contributed by atoms with E-state index in [-0.39, 0.29) is 11.1 Å². The Balaban J connectivity index is 0.000000130. The number of alkyl halides is 3. The number of hydrogen-bond acceptors (Lipinski definition) is 5. The average Bonchev–Trinajstić information content (AvgIpc) is 1.16. The summed E-state index contributed by atoms with van der Waals surface area (Å²) in [6.07, 6.45) is 0. The second-order valence-electron chi connectivity index (χ2n) is 21.0. The lowest BCUT2D eigenvalue weighted by molar-refractivity contribution is -0.0499. The molecule has 0 atom stereocenters. The number of hydrogen-bond donors (Lipinski definition) is 2. The van der Waals surface area contributed by atoms with Gasteiger partial charge in [-0.15, -0.1) is 0 Å². The molecule has 14 aromatic carbocycles. The van der Waals surface area contributed by atoms with Crippen molar-refractivity contribution in [3.05, 3.63) is 290 Å². The molecule has 14 rings (SSSR count). The minimum atomic E-state index is -5.75. The predicted octanol–water partition coefficient (Wildman–Crippen LogP) is 18.8. The van der Waals surface area contributed by atoms with Crippen molar-refractivity contribution in [2.75, 3.05) is 0 Å². The summed E-state index contributed by atoms with van der Waals surface area (Å²) in [4.78, 5) is 0. The van der Waals surface area contributed by atoms with Gasteiger partial charge < -0.3 is 14.2 Å². The van der Waals surface area contributed by atoms with Crippen LogP contribution in [0.15, 0.2) is 279 Å². The number of benzene rings is 14. The average molecular weight is 1140 g/mol. The molecule has 14 aromatic rings. The van der Waals surface area contributed by atoms with Crippen molar-refractivity contribution in [2.45, 2.75) is 19.4 Å². The highest BCUT2D eigenvalue weighted by atomic mass is 32.2. The molecular weight excluding hydrogens is 1080 g/mol. The minimum absolute atomic E-state index is 0.284. The van der Waals surface area contributed by atoms with Gasteiger partial charge in [0.25, 0.3) is 0 Å². The van der Waals surface area contributed by atoms with Crippen LogP contribution in [0.5, 0.6) is 5.75 Å². The molecule has 0 bridgehead atoms. The number of halogens is 3. The van der Waals surface area contributed by atoms with E-state index in [1.165, 1.54) is 83.4 Å². The van der Waals surface area contributed by atoms with Crippen molar-refractivity contribution in [1.82, 2.24) is 0 Å². The van der Waals surface area contributed by atoms with Crippen LogP contribution in [0.2, 0.25) is 0 Å². The summed E-state index contributed by atoms with van der Waals surface area (Å²) < 4.78 is 65.3. The summed E-state index contributed by atoms with van der Waals surface area (Å²) in [5.74, 6) is -0.356. The summed E-state index contributed by atoms with van der Waals surface area (Å²) in [7, 11) is -7.25. The van der Waals surface area contributed by atoms with E-state index in [1.807, 2.05) is 97.9 Å². The van der Waals surface area contributed by atoms with Gasteiger partial charge in [-0.25, -0.2) is 0 Å². The molecule has 0 aromatic heterocycles. The zero-order valence-electron chi connectivity index (χ0n) is 46.3. The molecule has 0 amide bonds. The lowest BCUT2D eigenvalue weighted by atomic mass is 9.72. The number of aryl methyl sites for hydroxylation is 2. The van der Waals surface area contributed by atoms with E-state index in [0.717, 1.165) is 43.8 Å². The molecule has 0 heterocycles. The van der Waals surface area contributed by atoms with Crippen molar-refractivity contribution in [3.63, 3.8) is 0 Å². The third-order valence-corrected chi connectivity index (χ3v) is 16.5. The number of fused-ring (bicyclic) bond motifs is 6. The zero-order valence-corrected chi connectivity index (χ0v) is 47.1. The van der Waals surface area contributed by atoms with Crippen molar-refractivity contribution in [1.29, 1.82) is 0 Å². The Kier molecular flexibility index (Phi) is 15.4. The van der Waals surface area contributed by atoms with E-state index in [4.69, 9.17) is 0 Å². The lowest BCUT2D eigenvalue weighted by Crippen LogP contribution is -2.31. The standard InChI is InChI=1S/C37H26.C20H15BO2.C18H13F3O3S/c1-25-19-21-26(22-20-25)29-23-28-13-5-6-14-30(28)35(24-29)37-33-17-9-7-15-31(33)36(27-11-3-2-4-12-27)32-16-8-10-18-34(32)37;22-21(23)20-17-12-6-4-10-15(17)19(14-8-2-1-3-9-14)16-11-5-7-13-18(16)20;1-12-6-8-13(9-7-12)15-10-14-4-2-3-5-16(14)17(11-15)24-25(22,23)18(19,20)21/h2-24H,1H3;1-13,22-23H;2-11H,1H3. The fraction of sp³-hybridized carbons (Fsp3) is 0.0400. The Hall–Kier alpha value is -9.84. The second-order valence-corrected chi connectivity index (χ2v) is 22.5. The van der Waals surface area contributed by atoms with E-state index in [0.29, 0.717) is 16.4 Å². The van der Waals surface area contributed by atoms with E-state index >= 15 is 0 Å². The molecule has 0 saturated heterocycles. The summed E-state index contributed by atoms with van der Waals surface area (Å²) in [6, 6.07) is 93.9. The Labute approximate surface area is 491 Å². The Morgan fingerprint density at radius 3 is 1.08 bits per heavy atom. The maximum Gasteiger partial charge on any atom is 0.534 e. The highest BCUT2D eigenvalue weighted by molar-refractivity contribution is 7.88. The van der Waals surface area contributed by atoms with Gasteiger partial charge in [-0.3, -0.25) is 0 Å². The van der Waals surface area contributed by atoms with Crippen LogP contribution in [0.4, 0.5) is 13.2 Å². The van der Waals surface area contributed by atoms with Gasteiger partial charge in [0.05, 0.1) is 0 Å². The Bertz CT molecular complexity index is 4790. The summed E-state index contributed by atoms with van der Waals surface area (Å²) >= 11 is 0. The van der Waals surface area contributed by atoms with Crippen LogP contribution in [0.25, 0.3) is 120 Å². The Morgan fingerprint density at radius 1 is 0.341 bits per heavy atom. The van der Waals surface area contributed by atoms with E-state index in [2.05, 4.69) is 163 Å². The molecule has 0 aliphatic rings. The first-order chi connectivity index (χ1) is 41.2. The van der Waals surface area contributed by atoms with Crippen molar-refractivity contribution < 1.29 is 35.8 Å². The SMILES string of the molecule is Cc1ccc(-c2cc(-c3c4ccccc4c(-c4ccccc4)c4ccccc34)c3ccccc3c2)cc1.Cc1ccc(-c2cc(OS(=O)(=O)C(F)(F)F)c3ccccc3c2)cc1.OB(O)c1c2ccccc2c(-c2ccccc2)c2ccccc12. The van der Waals surface area contributed by atoms with E-state index < -0.39 is 22.7 Å². The van der Waals surface area contributed by atoms with Crippen molar-refractivity contribution in [2.24, 2.45) is 0 Å². The first-order valence-electron chi connectivity index (χ1n) is 27.8. The van der Waals surface area contributed by atoms with Gasteiger partial charge in [-0.2, -0.15) is 21.6 Å². The quantitative estimate of drug-likeness (QED) is 0.0685. The third-order valence-electron chi connectivity index (χ3n) is 15.5. The van der Waals surface area contributed by atoms with Crippen molar-refractivity contribution >= 4 is 87.3 Å². The normalized spacial score (nSPS) is 11.6. The van der Waals surface area contributed by atoms with Gasteiger partial charge in [0.2, 0.25) is 0 Å². The molecule has 10 heteroatoms. The molecular formula is C75H54BF3O5S.